The first kappa shape index (κ1) is 13.8. The average molecular weight is 324 g/mol. The molecule has 23 heavy (non-hydrogen) atoms. The van der Waals surface area contributed by atoms with Crippen LogP contribution in [-0.4, -0.2) is 10.7 Å². The van der Waals surface area contributed by atoms with Gasteiger partial charge in [0.25, 0.3) is 0 Å². The van der Waals surface area contributed by atoms with Gasteiger partial charge in [0.2, 0.25) is 5.75 Å². The van der Waals surface area contributed by atoms with Crippen molar-refractivity contribution in [3.63, 3.8) is 0 Å². The molecule has 5 heteroatoms. The molecule has 112 valence electrons. The van der Waals surface area contributed by atoms with E-state index in [1.807, 2.05) is 30.3 Å². The lowest BCUT2D eigenvalue weighted by molar-refractivity contribution is 0.569. The van der Waals surface area contributed by atoms with E-state index in [9.17, 15) is 0 Å². The highest BCUT2D eigenvalue weighted by Crippen LogP contribution is 2.36. The molecule has 0 spiro atoms. The van der Waals surface area contributed by atoms with Gasteiger partial charge in [0.05, 0.1) is 23.4 Å². The van der Waals surface area contributed by atoms with Gasteiger partial charge in [0.1, 0.15) is 11.1 Å². The van der Waals surface area contributed by atoms with Gasteiger partial charge in [-0.1, -0.05) is 18.2 Å². The predicted molar refractivity (Wildman–Crippen MR) is 91.4 cm³/mol. The van der Waals surface area contributed by atoms with E-state index in [1.54, 1.807) is 12.5 Å². The molecule has 0 saturated carbocycles. The molecule has 5 aromatic rings. The summed E-state index contributed by atoms with van der Waals surface area (Å²) >= 11 is 4.32. The van der Waals surface area contributed by atoms with Crippen LogP contribution in [0.2, 0.25) is 0 Å². The van der Waals surface area contributed by atoms with Crippen LogP contribution in [0.1, 0.15) is 0 Å². The molecule has 0 bridgehead atoms. The van der Waals surface area contributed by atoms with E-state index in [0.717, 1.165) is 43.7 Å². The lowest BCUT2D eigenvalue weighted by atomic mass is 10.1. The summed E-state index contributed by atoms with van der Waals surface area (Å²) in [4.78, 5) is 13.3. The Morgan fingerprint density at radius 1 is 0.913 bits per heavy atom. The topological polar surface area (TPSA) is 56.2 Å². The molecule has 0 unspecified atom stereocenters. The normalized spacial score (nSPS) is 11.0. The molecule has 0 N–H and O–H groups in total. The monoisotopic (exact) mass is 323 g/mol. The van der Waals surface area contributed by atoms with Gasteiger partial charge >= 0.3 is 0 Å². The number of benzene rings is 2. The Morgan fingerprint density at radius 2 is 1.61 bits per heavy atom. The number of carbonyl (C=O) groups excluding carboxylic acids is 1. The minimum atomic E-state index is 0.222. The van der Waals surface area contributed by atoms with E-state index in [1.165, 1.54) is 0 Å². The first-order chi connectivity index (χ1) is 11.3. The number of rotatable bonds is 0. The third-order valence-corrected chi connectivity index (χ3v) is 3.80. The van der Waals surface area contributed by atoms with E-state index in [0.29, 0.717) is 0 Å². The van der Waals surface area contributed by atoms with Gasteiger partial charge in [0, 0.05) is 16.2 Å². The van der Waals surface area contributed by atoms with E-state index >= 15 is 0 Å². The summed E-state index contributed by atoms with van der Waals surface area (Å²) in [5.41, 5.74) is 3.50. The third-order valence-electron chi connectivity index (χ3n) is 3.80. The fourth-order valence-electron chi connectivity index (χ4n) is 2.90. The summed E-state index contributed by atoms with van der Waals surface area (Å²) in [6.07, 6.45) is 3.40. The van der Waals surface area contributed by atoms with Crippen molar-refractivity contribution in [2.45, 2.75) is 0 Å². The first-order valence-electron chi connectivity index (χ1n) is 6.93. The molecule has 0 saturated heterocycles. The number of hydrogen-bond donors (Lipinski definition) is 0. The zero-order valence-corrected chi connectivity index (χ0v) is 12.6. The smallest absolute Gasteiger partial charge is 0.208 e. The molecule has 0 aliphatic heterocycles. The van der Waals surface area contributed by atoms with Crippen molar-refractivity contribution >= 4 is 61.1 Å². The van der Waals surface area contributed by atoms with E-state index < -0.39 is 0 Å². The molecule has 3 heterocycles. The van der Waals surface area contributed by atoms with Crippen LogP contribution in [0.5, 0.6) is 0 Å². The molecule has 0 fully saturated rings. The Morgan fingerprint density at radius 3 is 2.43 bits per heavy atom. The molecule has 4 nitrogen and oxygen atoms in total. The van der Waals surface area contributed by atoms with Gasteiger partial charge in [0.15, 0.2) is 5.58 Å². The second kappa shape index (κ2) is 5.41. The lowest BCUT2D eigenvalue weighted by Gasteiger charge is -2.03. The fraction of sp³-hybridized carbons (Fsp3) is 0. The highest BCUT2D eigenvalue weighted by Gasteiger charge is 2.14. The van der Waals surface area contributed by atoms with Gasteiger partial charge in [-0.15, -0.1) is 0 Å². The number of nitrogens with zero attached hydrogens (tertiary/aromatic N) is 1. The third kappa shape index (κ3) is 2.07. The molecule has 0 atom stereocenters. The summed E-state index contributed by atoms with van der Waals surface area (Å²) in [7, 11) is 0. The van der Waals surface area contributed by atoms with Crippen molar-refractivity contribution in [3.8, 4) is 0 Å². The van der Waals surface area contributed by atoms with Gasteiger partial charge < -0.3 is 8.83 Å². The zero-order chi connectivity index (χ0) is 15.8. The van der Waals surface area contributed by atoms with Crippen molar-refractivity contribution in [3.05, 3.63) is 55.0 Å². The second-order valence-electron chi connectivity index (χ2n) is 4.99. The SMILES string of the molecule is O=CCl.c1ccc2nc3c(cc2c1)c1ccoc1c1ccoc13. The van der Waals surface area contributed by atoms with Crippen LogP contribution >= 0.6 is 11.6 Å². The minimum absolute atomic E-state index is 0.222. The Labute approximate surface area is 135 Å². The van der Waals surface area contributed by atoms with Crippen LogP contribution in [0, 0.1) is 0 Å². The summed E-state index contributed by atoms with van der Waals surface area (Å²) in [5, 5.41) is 4.23. The first-order valence-corrected chi connectivity index (χ1v) is 7.37. The summed E-state index contributed by atoms with van der Waals surface area (Å²) in [6.45, 7) is 0. The molecular weight excluding hydrogens is 314 g/mol. The molecule has 3 aromatic heterocycles. The number of furan rings is 2. The molecule has 0 aliphatic rings. The van der Waals surface area contributed by atoms with E-state index in [4.69, 9.17) is 18.6 Å². The highest BCUT2D eigenvalue weighted by molar-refractivity contribution is 6.54. The van der Waals surface area contributed by atoms with Crippen LogP contribution in [0.3, 0.4) is 0 Å². The molecule has 5 rings (SSSR count). The van der Waals surface area contributed by atoms with Crippen LogP contribution in [-0.2, 0) is 4.79 Å². The number of hydrogen-bond acceptors (Lipinski definition) is 4. The summed E-state index contributed by atoms with van der Waals surface area (Å²) in [5.74, 6) is 0.222. The molecule has 0 radical (unpaired) electrons. The van der Waals surface area contributed by atoms with Crippen LogP contribution in [0.4, 0.5) is 0 Å². The predicted octanol–water partition coefficient (Wildman–Crippen LogP) is 5.30. The van der Waals surface area contributed by atoms with Gasteiger partial charge in [-0.05, 0) is 35.9 Å². The lowest BCUT2D eigenvalue weighted by Crippen LogP contribution is -1.84. The largest absolute Gasteiger partial charge is 0.464 e. The van der Waals surface area contributed by atoms with Crippen molar-refractivity contribution in [2.24, 2.45) is 0 Å². The van der Waals surface area contributed by atoms with E-state index in [-0.39, 0.29) is 5.75 Å². The minimum Gasteiger partial charge on any atom is -0.464 e. The van der Waals surface area contributed by atoms with E-state index in [2.05, 4.69) is 23.7 Å². The summed E-state index contributed by atoms with van der Waals surface area (Å²) in [6, 6.07) is 14.2. The van der Waals surface area contributed by atoms with Crippen molar-refractivity contribution < 1.29 is 13.6 Å². The van der Waals surface area contributed by atoms with Crippen LogP contribution in [0.15, 0.2) is 63.8 Å². The Bertz CT molecular complexity index is 1070. The Balaban J connectivity index is 0.000000421. The highest BCUT2D eigenvalue weighted by atomic mass is 35.5. The maximum absolute atomic E-state index is 8.57. The quantitative estimate of drug-likeness (QED) is 0.220. The van der Waals surface area contributed by atoms with Crippen molar-refractivity contribution in [1.29, 1.82) is 0 Å². The Hall–Kier alpha value is -2.85. The van der Waals surface area contributed by atoms with Crippen molar-refractivity contribution in [2.75, 3.05) is 0 Å². The molecule has 0 aliphatic carbocycles. The number of para-hydroxylation sites is 1. The summed E-state index contributed by atoms with van der Waals surface area (Å²) < 4.78 is 11.3. The fourth-order valence-corrected chi connectivity index (χ4v) is 2.90. The average Bonchev–Trinajstić information content (AvgIpc) is 3.23. The second-order valence-corrected chi connectivity index (χ2v) is 5.17. The van der Waals surface area contributed by atoms with Crippen LogP contribution < -0.4 is 0 Å². The van der Waals surface area contributed by atoms with Gasteiger partial charge in [-0.3, -0.25) is 4.79 Å². The number of halogens is 1. The van der Waals surface area contributed by atoms with Crippen molar-refractivity contribution in [1.82, 2.24) is 4.98 Å². The number of fused-ring (bicyclic) bond motifs is 7. The molecular formula is C18H10ClNO3. The maximum Gasteiger partial charge on any atom is 0.208 e. The standard InChI is InChI=1S/C17H9NO2.CHClO/c1-2-4-14-10(3-1)9-13-11-5-7-19-16(11)12-6-8-20-17(12)15(13)18-14;2-1-3/h1-9H;1H. The molecule has 2 aromatic carbocycles. The van der Waals surface area contributed by atoms with Gasteiger partial charge in [-0.25, -0.2) is 4.98 Å². The number of aromatic nitrogens is 1. The van der Waals surface area contributed by atoms with Crippen LogP contribution in [0.25, 0.3) is 43.7 Å². The number of pyridine rings is 1. The Kier molecular flexibility index (Phi) is 3.24. The molecule has 0 amide bonds. The maximum atomic E-state index is 8.57. The zero-order valence-electron chi connectivity index (χ0n) is 11.8. The number of carbonyl (C=O) groups is 1. The van der Waals surface area contributed by atoms with Gasteiger partial charge in [-0.2, -0.15) is 0 Å².